The Morgan fingerprint density at radius 2 is 2.28 bits per heavy atom. The standard InChI is InChI=1S/C13H22N2O2S/c1-8(2)11-12(16)15-13(18-11)14-10-6-4-5-9(10)7-17-3/h8-11H,4-7H2,1-3H3,(H,14,15,16). The summed E-state index contributed by atoms with van der Waals surface area (Å²) in [7, 11) is 1.74. The molecule has 1 heterocycles. The van der Waals surface area contributed by atoms with Crippen molar-refractivity contribution in [3.8, 4) is 0 Å². The maximum absolute atomic E-state index is 11.8. The predicted octanol–water partition coefficient (Wildman–Crippen LogP) is 2.05. The zero-order valence-corrected chi connectivity index (χ0v) is 12.1. The SMILES string of the molecule is COCC1CCCC1N=C1NC(=O)C(C(C)C)S1. The fourth-order valence-corrected chi connectivity index (χ4v) is 3.66. The minimum absolute atomic E-state index is 0.0195. The molecule has 0 aromatic carbocycles. The molecule has 18 heavy (non-hydrogen) atoms. The number of rotatable bonds is 4. The lowest BCUT2D eigenvalue weighted by Gasteiger charge is -2.15. The fraction of sp³-hybridized carbons (Fsp3) is 0.846. The van der Waals surface area contributed by atoms with Crippen LogP contribution >= 0.6 is 11.8 Å². The maximum atomic E-state index is 11.8. The number of thioether (sulfide) groups is 1. The first kappa shape index (κ1) is 13.9. The van der Waals surface area contributed by atoms with Crippen LogP contribution in [0.15, 0.2) is 4.99 Å². The van der Waals surface area contributed by atoms with Gasteiger partial charge in [-0.1, -0.05) is 32.0 Å². The fourth-order valence-electron chi connectivity index (χ4n) is 2.63. The number of carbonyl (C=O) groups is 1. The largest absolute Gasteiger partial charge is 0.384 e. The van der Waals surface area contributed by atoms with Crippen LogP contribution < -0.4 is 5.32 Å². The molecule has 3 unspecified atom stereocenters. The quantitative estimate of drug-likeness (QED) is 0.850. The highest BCUT2D eigenvalue weighted by molar-refractivity contribution is 8.15. The summed E-state index contributed by atoms with van der Waals surface area (Å²) in [4.78, 5) is 16.5. The van der Waals surface area contributed by atoms with Gasteiger partial charge in [-0.3, -0.25) is 9.79 Å². The normalized spacial score (nSPS) is 34.6. The highest BCUT2D eigenvalue weighted by atomic mass is 32.2. The van der Waals surface area contributed by atoms with Crippen LogP contribution in [-0.2, 0) is 9.53 Å². The lowest BCUT2D eigenvalue weighted by Crippen LogP contribution is -2.28. The van der Waals surface area contributed by atoms with E-state index in [1.807, 2.05) is 0 Å². The number of methoxy groups -OCH3 is 1. The van der Waals surface area contributed by atoms with Gasteiger partial charge in [0.15, 0.2) is 5.17 Å². The van der Waals surface area contributed by atoms with Crippen molar-refractivity contribution < 1.29 is 9.53 Å². The number of hydrogen-bond acceptors (Lipinski definition) is 4. The molecule has 0 bridgehead atoms. The van der Waals surface area contributed by atoms with E-state index in [4.69, 9.17) is 9.73 Å². The van der Waals surface area contributed by atoms with Crippen molar-refractivity contribution in [2.45, 2.75) is 44.4 Å². The molecule has 1 saturated carbocycles. The molecular weight excluding hydrogens is 248 g/mol. The van der Waals surface area contributed by atoms with Gasteiger partial charge in [0, 0.05) is 13.0 Å². The molecule has 2 rings (SSSR count). The van der Waals surface area contributed by atoms with E-state index in [0.717, 1.165) is 18.2 Å². The minimum Gasteiger partial charge on any atom is -0.384 e. The molecule has 1 amide bonds. The summed E-state index contributed by atoms with van der Waals surface area (Å²) in [5, 5.41) is 3.74. The topological polar surface area (TPSA) is 50.7 Å². The lowest BCUT2D eigenvalue weighted by atomic mass is 10.1. The van der Waals surface area contributed by atoms with Gasteiger partial charge >= 0.3 is 0 Å². The van der Waals surface area contributed by atoms with Crippen molar-refractivity contribution in [1.82, 2.24) is 5.32 Å². The molecule has 2 aliphatic rings. The summed E-state index contributed by atoms with van der Waals surface area (Å²) in [6.45, 7) is 4.92. The molecule has 1 aliphatic carbocycles. The summed E-state index contributed by atoms with van der Waals surface area (Å²) >= 11 is 1.58. The van der Waals surface area contributed by atoms with E-state index in [9.17, 15) is 4.79 Å². The van der Waals surface area contributed by atoms with Gasteiger partial charge in [0.2, 0.25) is 5.91 Å². The Morgan fingerprint density at radius 3 is 2.89 bits per heavy atom. The third-order valence-corrected chi connectivity index (χ3v) is 5.06. The molecule has 0 aromatic rings. The number of hydrogen-bond donors (Lipinski definition) is 1. The molecule has 0 aromatic heterocycles. The predicted molar refractivity (Wildman–Crippen MR) is 74.8 cm³/mol. The van der Waals surface area contributed by atoms with E-state index < -0.39 is 0 Å². The lowest BCUT2D eigenvalue weighted by molar-refractivity contribution is -0.119. The monoisotopic (exact) mass is 270 g/mol. The van der Waals surface area contributed by atoms with Crippen molar-refractivity contribution in [1.29, 1.82) is 0 Å². The summed E-state index contributed by atoms with van der Waals surface area (Å²) in [5.41, 5.74) is 0. The van der Waals surface area contributed by atoms with Gasteiger partial charge in [0.05, 0.1) is 17.9 Å². The second kappa shape index (κ2) is 6.06. The van der Waals surface area contributed by atoms with Crippen LogP contribution in [0.25, 0.3) is 0 Å². The number of nitrogens with zero attached hydrogens (tertiary/aromatic N) is 1. The van der Waals surface area contributed by atoms with Crippen LogP contribution in [0.3, 0.4) is 0 Å². The van der Waals surface area contributed by atoms with E-state index in [1.165, 1.54) is 12.8 Å². The van der Waals surface area contributed by atoms with E-state index in [2.05, 4.69) is 19.2 Å². The molecule has 1 N–H and O–H groups in total. The van der Waals surface area contributed by atoms with Crippen LogP contribution in [-0.4, -0.2) is 36.1 Å². The molecule has 2 fully saturated rings. The Kier molecular flexibility index (Phi) is 4.67. The first-order valence-electron chi connectivity index (χ1n) is 6.66. The van der Waals surface area contributed by atoms with Crippen molar-refractivity contribution >= 4 is 22.8 Å². The second-order valence-corrected chi connectivity index (χ2v) is 6.55. The van der Waals surface area contributed by atoms with Crippen LogP contribution in [0, 0.1) is 11.8 Å². The molecule has 1 aliphatic heterocycles. The van der Waals surface area contributed by atoms with Crippen LogP contribution in [0.4, 0.5) is 0 Å². The maximum Gasteiger partial charge on any atom is 0.239 e. The molecule has 0 spiro atoms. The molecule has 5 heteroatoms. The summed E-state index contributed by atoms with van der Waals surface area (Å²) in [5.74, 6) is 0.967. The second-order valence-electron chi connectivity index (χ2n) is 5.42. The number of nitrogens with one attached hydrogen (secondary N) is 1. The minimum atomic E-state index is 0.0195. The molecule has 4 nitrogen and oxygen atoms in total. The average Bonchev–Trinajstić information content (AvgIpc) is 2.87. The van der Waals surface area contributed by atoms with Gasteiger partial charge in [-0.2, -0.15) is 0 Å². The summed E-state index contributed by atoms with van der Waals surface area (Å²) < 4.78 is 5.24. The Bertz CT molecular complexity index is 344. The van der Waals surface area contributed by atoms with Gasteiger partial charge in [-0.25, -0.2) is 0 Å². The molecule has 3 atom stereocenters. The zero-order chi connectivity index (χ0) is 13.1. The number of amidine groups is 1. The summed E-state index contributed by atoms with van der Waals surface area (Å²) in [6, 6.07) is 0.318. The Balaban J connectivity index is 1.99. The van der Waals surface area contributed by atoms with Gasteiger partial charge in [0.1, 0.15) is 0 Å². The van der Waals surface area contributed by atoms with Gasteiger partial charge < -0.3 is 10.1 Å². The van der Waals surface area contributed by atoms with Crippen molar-refractivity contribution in [2.24, 2.45) is 16.8 Å². The number of amides is 1. The third-order valence-electron chi connectivity index (χ3n) is 3.62. The number of carbonyl (C=O) groups excluding carboxylic acids is 1. The van der Waals surface area contributed by atoms with E-state index in [1.54, 1.807) is 18.9 Å². The zero-order valence-electron chi connectivity index (χ0n) is 11.3. The number of aliphatic imine (C=N–C) groups is 1. The van der Waals surface area contributed by atoms with Gasteiger partial charge in [-0.15, -0.1) is 0 Å². The highest BCUT2D eigenvalue weighted by Gasteiger charge is 2.34. The highest BCUT2D eigenvalue weighted by Crippen LogP contribution is 2.31. The molecule has 102 valence electrons. The van der Waals surface area contributed by atoms with Crippen LogP contribution in [0.5, 0.6) is 0 Å². The molecule has 1 saturated heterocycles. The first-order chi connectivity index (χ1) is 8.61. The Morgan fingerprint density at radius 1 is 1.50 bits per heavy atom. The summed E-state index contributed by atoms with van der Waals surface area (Å²) in [6.07, 6.45) is 3.50. The van der Waals surface area contributed by atoms with Gasteiger partial charge in [-0.05, 0) is 18.8 Å². The average molecular weight is 270 g/mol. The van der Waals surface area contributed by atoms with E-state index in [-0.39, 0.29) is 11.2 Å². The van der Waals surface area contributed by atoms with Crippen molar-refractivity contribution in [3.05, 3.63) is 0 Å². The van der Waals surface area contributed by atoms with E-state index in [0.29, 0.717) is 17.9 Å². The van der Waals surface area contributed by atoms with Crippen LogP contribution in [0.2, 0.25) is 0 Å². The van der Waals surface area contributed by atoms with E-state index >= 15 is 0 Å². The number of ether oxygens (including phenoxy) is 1. The van der Waals surface area contributed by atoms with Crippen molar-refractivity contribution in [2.75, 3.05) is 13.7 Å². The van der Waals surface area contributed by atoms with Crippen LogP contribution in [0.1, 0.15) is 33.1 Å². The third kappa shape index (κ3) is 3.06. The first-order valence-corrected chi connectivity index (χ1v) is 7.54. The Labute approximate surface area is 113 Å². The molecule has 0 radical (unpaired) electrons. The van der Waals surface area contributed by atoms with Gasteiger partial charge in [0.25, 0.3) is 0 Å². The molecular formula is C13H22N2O2S. The smallest absolute Gasteiger partial charge is 0.239 e. The Hall–Kier alpha value is -0.550. The van der Waals surface area contributed by atoms with Crippen molar-refractivity contribution in [3.63, 3.8) is 0 Å².